The fourth-order valence-electron chi connectivity index (χ4n) is 4.71. The molecule has 0 aliphatic carbocycles. The van der Waals surface area contributed by atoms with Gasteiger partial charge in [0.25, 0.3) is 0 Å². The number of hydrogen-bond acceptors (Lipinski definition) is 6. The molecule has 0 aromatic heterocycles. The highest BCUT2D eigenvalue weighted by molar-refractivity contribution is 7.99. The second-order valence-electron chi connectivity index (χ2n) is 10.8. The number of benzene rings is 2. The zero-order chi connectivity index (χ0) is 30.5. The first-order valence-electron chi connectivity index (χ1n) is 14.2. The van der Waals surface area contributed by atoms with Gasteiger partial charge < -0.3 is 26.0 Å². The van der Waals surface area contributed by atoms with Crippen LogP contribution < -0.4 is 16.0 Å². The number of thioether (sulfide) groups is 1. The summed E-state index contributed by atoms with van der Waals surface area (Å²) < 4.78 is 0. The van der Waals surface area contributed by atoms with Crippen LogP contribution in [0.2, 0.25) is 0 Å². The lowest BCUT2D eigenvalue weighted by atomic mass is 10.0. The third-order valence-corrected chi connectivity index (χ3v) is 7.74. The van der Waals surface area contributed by atoms with Gasteiger partial charge in [0.15, 0.2) is 0 Å². The van der Waals surface area contributed by atoms with Gasteiger partial charge in [0.05, 0.1) is 12.8 Å². The van der Waals surface area contributed by atoms with Crippen molar-refractivity contribution in [3.63, 3.8) is 0 Å². The molecule has 0 unspecified atom stereocenters. The second kappa shape index (κ2) is 16.5. The maximum atomic E-state index is 13.5. The number of aliphatic carboxylic acids is 1. The fourth-order valence-corrected chi connectivity index (χ4v) is 5.62. The molecule has 2 aromatic carbocycles. The molecule has 3 rings (SSSR count). The number of carboxylic acid groups (broad SMARTS) is 1. The summed E-state index contributed by atoms with van der Waals surface area (Å²) in [5.41, 5.74) is 1.61. The first-order valence-corrected chi connectivity index (χ1v) is 15.3. The van der Waals surface area contributed by atoms with Gasteiger partial charge in [0.2, 0.25) is 23.6 Å². The lowest BCUT2D eigenvalue weighted by Gasteiger charge is -2.31. The number of nitrogens with one attached hydrogen (secondary N) is 3. The molecule has 0 bridgehead atoms. The smallest absolute Gasteiger partial charge is 0.305 e. The number of carboxylic acids is 1. The van der Waals surface area contributed by atoms with E-state index in [1.807, 2.05) is 62.4 Å². The normalized spacial score (nSPS) is 15.3. The Balaban J connectivity index is 1.74. The summed E-state index contributed by atoms with van der Waals surface area (Å²) in [5.74, 6) is -1.72. The fraction of sp³-hybridized carbons (Fsp3) is 0.452. The van der Waals surface area contributed by atoms with Crippen molar-refractivity contribution in [2.45, 2.75) is 57.7 Å². The van der Waals surface area contributed by atoms with Gasteiger partial charge in [-0.05, 0) is 23.5 Å². The Bertz CT molecular complexity index is 1200. The standard InChI is InChI=1S/C31H40N4O6S/c1-21(2)17-24(32-27(36)19-23-11-7-4-8-12-23)29(39)33-25(20-28(37)38)30(40)34-26(18-22-9-5-3-6-10-22)31(41)35-13-15-42-16-14-35/h3-12,21,24-26H,13-20H2,1-2H3,(H,32,36)(H,33,39)(H,34,40)(H,37,38)/t24-,25-,26-/m0/s1. The molecule has 3 atom stereocenters. The van der Waals surface area contributed by atoms with Crippen LogP contribution in [0, 0.1) is 5.92 Å². The van der Waals surface area contributed by atoms with Gasteiger partial charge >= 0.3 is 5.97 Å². The number of carbonyl (C=O) groups is 5. The van der Waals surface area contributed by atoms with Gasteiger partial charge in [-0.1, -0.05) is 74.5 Å². The van der Waals surface area contributed by atoms with Crippen LogP contribution in [0.4, 0.5) is 0 Å². The molecular formula is C31H40N4O6S. The largest absolute Gasteiger partial charge is 0.481 e. The lowest BCUT2D eigenvalue weighted by molar-refractivity contribution is -0.142. The maximum Gasteiger partial charge on any atom is 0.305 e. The molecule has 1 heterocycles. The van der Waals surface area contributed by atoms with Crippen LogP contribution in [0.15, 0.2) is 60.7 Å². The highest BCUT2D eigenvalue weighted by atomic mass is 32.2. The number of nitrogens with zero attached hydrogens (tertiary/aromatic N) is 1. The van der Waals surface area contributed by atoms with Crippen LogP contribution in [-0.2, 0) is 36.8 Å². The Morgan fingerprint density at radius 2 is 1.33 bits per heavy atom. The van der Waals surface area contributed by atoms with Gasteiger partial charge in [0, 0.05) is 31.0 Å². The minimum atomic E-state index is -1.45. The molecular weight excluding hydrogens is 556 g/mol. The highest BCUT2D eigenvalue weighted by Gasteiger charge is 2.33. The highest BCUT2D eigenvalue weighted by Crippen LogP contribution is 2.14. The van der Waals surface area contributed by atoms with E-state index < -0.39 is 42.3 Å². The van der Waals surface area contributed by atoms with E-state index in [1.165, 1.54) is 0 Å². The molecule has 11 heteroatoms. The molecule has 1 aliphatic rings. The molecule has 0 saturated carbocycles. The van der Waals surface area contributed by atoms with Crippen molar-refractivity contribution in [2.24, 2.45) is 5.92 Å². The molecule has 4 amide bonds. The number of rotatable bonds is 14. The molecule has 1 aliphatic heterocycles. The van der Waals surface area contributed by atoms with Gasteiger partial charge in [0.1, 0.15) is 18.1 Å². The zero-order valence-corrected chi connectivity index (χ0v) is 24.9. The number of amides is 4. The molecule has 1 fully saturated rings. The van der Waals surface area contributed by atoms with Crippen molar-refractivity contribution < 1.29 is 29.1 Å². The van der Waals surface area contributed by atoms with E-state index in [0.29, 0.717) is 13.1 Å². The quantitative estimate of drug-likeness (QED) is 0.261. The van der Waals surface area contributed by atoms with Gasteiger partial charge in [-0.25, -0.2) is 0 Å². The summed E-state index contributed by atoms with van der Waals surface area (Å²) in [4.78, 5) is 66.4. The zero-order valence-electron chi connectivity index (χ0n) is 24.1. The van der Waals surface area contributed by atoms with Crippen LogP contribution >= 0.6 is 11.8 Å². The average molecular weight is 597 g/mol. The summed E-state index contributed by atoms with van der Waals surface area (Å²) in [5, 5.41) is 17.5. The van der Waals surface area contributed by atoms with E-state index in [4.69, 9.17) is 0 Å². The Morgan fingerprint density at radius 1 is 0.786 bits per heavy atom. The third kappa shape index (κ3) is 10.8. The van der Waals surface area contributed by atoms with Crippen molar-refractivity contribution in [3.05, 3.63) is 71.8 Å². The van der Waals surface area contributed by atoms with Crippen LogP contribution in [0.25, 0.3) is 0 Å². The summed E-state index contributed by atoms with van der Waals surface area (Å²) >= 11 is 1.75. The molecule has 226 valence electrons. The minimum Gasteiger partial charge on any atom is -0.481 e. The van der Waals surface area contributed by atoms with Crippen LogP contribution in [0.1, 0.15) is 37.8 Å². The van der Waals surface area contributed by atoms with E-state index in [2.05, 4.69) is 16.0 Å². The van der Waals surface area contributed by atoms with Gasteiger partial charge in [-0.2, -0.15) is 11.8 Å². The van der Waals surface area contributed by atoms with E-state index in [-0.39, 0.29) is 37.0 Å². The molecule has 42 heavy (non-hydrogen) atoms. The summed E-state index contributed by atoms with van der Waals surface area (Å²) in [6, 6.07) is 15.0. The molecule has 1 saturated heterocycles. The minimum absolute atomic E-state index is 0.0279. The second-order valence-corrected chi connectivity index (χ2v) is 12.0. The Kier molecular flexibility index (Phi) is 12.9. The first kappa shape index (κ1) is 32.7. The van der Waals surface area contributed by atoms with Crippen LogP contribution in [0.5, 0.6) is 0 Å². The van der Waals surface area contributed by atoms with Crippen molar-refractivity contribution in [1.29, 1.82) is 0 Å². The predicted octanol–water partition coefficient (Wildman–Crippen LogP) is 2.02. The predicted molar refractivity (Wildman–Crippen MR) is 162 cm³/mol. The van der Waals surface area contributed by atoms with Crippen LogP contribution in [-0.4, -0.2) is 82.3 Å². The Hall–Kier alpha value is -3.86. The average Bonchev–Trinajstić information content (AvgIpc) is 2.96. The summed E-state index contributed by atoms with van der Waals surface area (Å²) in [6.45, 7) is 4.90. The van der Waals surface area contributed by atoms with Crippen molar-refractivity contribution in [1.82, 2.24) is 20.9 Å². The number of hydrogen-bond donors (Lipinski definition) is 4. The molecule has 0 radical (unpaired) electrons. The Labute approximate surface area is 251 Å². The van der Waals surface area contributed by atoms with E-state index in [1.54, 1.807) is 28.8 Å². The first-order chi connectivity index (χ1) is 20.1. The monoisotopic (exact) mass is 596 g/mol. The molecule has 0 spiro atoms. The third-order valence-electron chi connectivity index (χ3n) is 6.80. The van der Waals surface area contributed by atoms with Gasteiger partial charge in [-0.3, -0.25) is 24.0 Å². The molecule has 4 N–H and O–H groups in total. The van der Waals surface area contributed by atoms with Crippen molar-refractivity contribution in [3.8, 4) is 0 Å². The van der Waals surface area contributed by atoms with E-state index >= 15 is 0 Å². The van der Waals surface area contributed by atoms with Gasteiger partial charge in [-0.15, -0.1) is 0 Å². The Morgan fingerprint density at radius 3 is 1.90 bits per heavy atom. The van der Waals surface area contributed by atoms with E-state index in [0.717, 1.165) is 22.6 Å². The molecule has 10 nitrogen and oxygen atoms in total. The van der Waals surface area contributed by atoms with Crippen molar-refractivity contribution in [2.75, 3.05) is 24.6 Å². The van der Waals surface area contributed by atoms with E-state index in [9.17, 15) is 29.1 Å². The molecule has 2 aromatic rings. The SMILES string of the molecule is CC(C)C[C@H](NC(=O)Cc1ccccc1)C(=O)N[C@@H](CC(=O)O)C(=O)N[C@@H](Cc1ccccc1)C(=O)N1CCSCC1. The summed E-state index contributed by atoms with van der Waals surface area (Å²) in [7, 11) is 0. The lowest BCUT2D eigenvalue weighted by Crippen LogP contribution is -2.58. The number of carbonyl (C=O) groups excluding carboxylic acids is 4. The van der Waals surface area contributed by atoms with Crippen molar-refractivity contribution >= 4 is 41.4 Å². The maximum absolute atomic E-state index is 13.5. The summed E-state index contributed by atoms with van der Waals surface area (Å²) in [6.07, 6.45) is -0.110. The van der Waals surface area contributed by atoms with Crippen LogP contribution in [0.3, 0.4) is 0 Å². The topological polar surface area (TPSA) is 145 Å².